The van der Waals surface area contributed by atoms with Crippen LogP contribution in [0.5, 0.6) is 0 Å². The van der Waals surface area contributed by atoms with E-state index in [9.17, 15) is 4.39 Å². The number of nitrogens with one attached hydrogen (secondary N) is 1. The van der Waals surface area contributed by atoms with Gasteiger partial charge in [0.15, 0.2) is 5.96 Å². The third-order valence-electron chi connectivity index (χ3n) is 2.92. The molecule has 0 aliphatic carbocycles. The summed E-state index contributed by atoms with van der Waals surface area (Å²) in [6.45, 7) is 1.70. The van der Waals surface area contributed by atoms with Crippen molar-refractivity contribution in [3.8, 4) is 0 Å². The van der Waals surface area contributed by atoms with Crippen molar-refractivity contribution in [2.75, 3.05) is 40.9 Å². The molecule has 0 fully saturated rings. The number of halogens is 1. The van der Waals surface area contributed by atoms with Gasteiger partial charge in [-0.1, -0.05) is 12.1 Å². The Morgan fingerprint density at radius 3 is 2.60 bits per heavy atom. The summed E-state index contributed by atoms with van der Waals surface area (Å²) in [6.07, 6.45) is 0. The molecule has 0 saturated heterocycles. The minimum atomic E-state index is -0.240. The maximum Gasteiger partial charge on any atom is 0.188 e. The number of rotatable bonds is 7. The van der Waals surface area contributed by atoms with Gasteiger partial charge in [0.05, 0.1) is 19.2 Å². The molecule has 0 aliphatic heterocycles. The van der Waals surface area contributed by atoms with Crippen LogP contribution in [0.3, 0.4) is 0 Å². The summed E-state index contributed by atoms with van der Waals surface area (Å²) in [5.41, 5.74) is 6.77. The zero-order chi connectivity index (χ0) is 15.0. The lowest BCUT2D eigenvalue weighted by Crippen LogP contribution is -2.35. The molecule has 3 N–H and O–H groups in total. The highest BCUT2D eigenvalue weighted by atomic mass is 19.1. The molecule has 1 atom stereocenters. The van der Waals surface area contributed by atoms with E-state index in [2.05, 4.69) is 10.3 Å². The molecule has 0 heterocycles. The quantitative estimate of drug-likeness (QED) is 0.444. The van der Waals surface area contributed by atoms with Crippen LogP contribution in [0.4, 0.5) is 4.39 Å². The average molecular weight is 282 g/mol. The lowest BCUT2D eigenvalue weighted by molar-refractivity contribution is 0.204. The molecule has 1 unspecified atom stereocenters. The fourth-order valence-corrected chi connectivity index (χ4v) is 1.77. The van der Waals surface area contributed by atoms with Crippen molar-refractivity contribution in [1.29, 1.82) is 0 Å². The highest BCUT2D eigenvalue weighted by Crippen LogP contribution is 2.18. The molecular weight excluding hydrogens is 259 g/mol. The van der Waals surface area contributed by atoms with Gasteiger partial charge in [-0.15, -0.1) is 0 Å². The van der Waals surface area contributed by atoms with E-state index in [1.54, 1.807) is 19.2 Å². The molecule has 6 heteroatoms. The third-order valence-corrected chi connectivity index (χ3v) is 2.92. The standard InChI is InChI=1S/C14H23FN4O/c1-19(2)13(11-4-6-12(15)7-5-11)10-18-14(16)17-8-9-20-3/h4-7,13H,8-10H2,1-3H3,(H3,16,17,18). The summed E-state index contributed by atoms with van der Waals surface area (Å²) >= 11 is 0. The van der Waals surface area contributed by atoms with E-state index in [1.165, 1.54) is 12.1 Å². The van der Waals surface area contributed by atoms with Gasteiger partial charge in [-0.25, -0.2) is 4.39 Å². The Balaban J connectivity index is 2.63. The van der Waals surface area contributed by atoms with Crippen molar-refractivity contribution < 1.29 is 9.13 Å². The second kappa shape index (κ2) is 8.50. The van der Waals surface area contributed by atoms with Crippen LogP contribution >= 0.6 is 0 Å². The van der Waals surface area contributed by atoms with Gasteiger partial charge in [0.1, 0.15) is 5.82 Å². The minimum Gasteiger partial charge on any atom is -0.383 e. The molecule has 0 aliphatic rings. The SMILES string of the molecule is COCCNC(N)=NCC(c1ccc(F)cc1)N(C)C. The predicted molar refractivity (Wildman–Crippen MR) is 79.2 cm³/mol. The maximum absolute atomic E-state index is 13.0. The number of ether oxygens (including phenoxy) is 1. The number of nitrogens with zero attached hydrogens (tertiary/aromatic N) is 2. The summed E-state index contributed by atoms with van der Waals surface area (Å²) in [6, 6.07) is 6.50. The Morgan fingerprint density at radius 2 is 2.05 bits per heavy atom. The van der Waals surface area contributed by atoms with Gasteiger partial charge >= 0.3 is 0 Å². The zero-order valence-electron chi connectivity index (χ0n) is 12.3. The number of nitrogens with two attached hydrogens (primary N) is 1. The van der Waals surface area contributed by atoms with Crippen molar-refractivity contribution >= 4 is 5.96 Å². The van der Waals surface area contributed by atoms with Crippen LogP contribution in [0.2, 0.25) is 0 Å². The lowest BCUT2D eigenvalue weighted by atomic mass is 10.1. The number of benzene rings is 1. The van der Waals surface area contributed by atoms with Crippen LogP contribution in [0.1, 0.15) is 11.6 Å². The smallest absolute Gasteiger partial charge is 0.188 e. The van der Waals surface area contributed by atoms with Crippen LogP contribution in [0.15, 0.2) is 29.3 Å². The topological polar surface area (TPSA) is 62.9 Å². The fraction of sp³-hybridized carbons (Fsp3) is 0.500. The van der Waals surface area contributed by atoms with Crippen LogP contribution in [0.25, 0.3) is 0 Å². The average Bonchev–Trinajstić information content (AvgIpc) is 2.41. The first-order valence-electron chi connectivity index (χ1n) is 6.49. The van der Waals surface area contributed by atoms with Gasteiger partial charge in [-0.05, 0) is 31.8 Å². The van der Waals surface area contributed by atoms with Crippen molar-refractivity contribution in [2.24, 2.45) is 10.7 Å². The van der Waals surface area contributed by atoms with Gasteiger partial charge in [0.25, 0.3) is 0 Å². The Morgan fingerprint density at radius 1 is 1.40 bits per heavy atom. The highest BCUT2D eigenvalue weighted by molar-refractivity contribution is 5.77. The molecule has 1 rings (SSSR count). The first kappa shape index (κ1) is 16.4. The fourth-order valence-electron chi connectivity index (χ4n) is 1.77. The van der Waals surface area contributed by atoms with Crippen molar-refractivity contribution in [1.82, 2.24) is 10.2 Å². The molecule has 1 aromatic carbocycles. The molecule has 0 bridgehead atoms. The monoisotopic (exact) mass is 282 g/mol. The van der Waals surface area contributed by atoms with Crippen molar-refractivity contribution in [3.63, 3.8) is 0 Å². The molecule has 1 aromatic rings. The molecule has 0 amide bonds. The van der Waals surface area contributed by atoms with E-state index < -0.39 is 0 Å². The number of guanidine groups is 1. The van der Waals surface area contributed by atoms with Crippen LogP contribution in [0, 0.1) is 5.82 Å². The van der Waals surface area contributed by atoms with E-state index in [4.69, 9.17) is 10.5 Å². The minimum absolute atomic E-state index is 0.0541. The molecular formula is C14H23FN4O. The maximum atomic E-state index is 13.0. The largest absolute Gasteiger partial charge is 0.383 e. The lowest BCUT2D eigenvalue weighted by Gasteiger charge is -2.23. The Hall–Kier alpha value is -1.66. The molecule has 112 valence electrons. The summed E-state index contributed by atoms with van der Waals surface area (Å²) in [5, 5.41) is 2.96. The molecule has 0 aromatic heterocycles. The number of hydrogen-bond donors (Lipinski definition) is 2. The van der Waals surface area contributed by atoms with Crippen molar-refractivity contribution in [3.05, 3.63) is 35.6 Å². The number of methoxy groups -OCH3 is 1. The van der Waals surface area contributed by atoms with Gasteiger partial charge in [0, 0.05) is 13.7 Å². The molecule has 0 radical (unpaired) electrons. The number of aliphatic imine (C=N–C) groups is 1. The van der Waals surface area contributed by atoms with E-state index in [0.717, 1.165) is 5.56 Å². The first-order chi connectivity index (χ1) is 9.54. The third kappa shape index (κ3) is 5.54. The van der Waals surface area contributed by atoms with E-state index in [1.807, 2.05) is 19.0 Å². The molecule has 20 heavy (non-hydrogen) atoms. The second-order valence-corrected chi connectivity index (χ2v) is 4.68. The summed E-state index contributed by atoms with van der Waals surface area (Å²) in [5.74, 6) is 0.145. The van der Waals surface area contributed by atoms with Crippen LogP contribution < -0.4 is 11.1 Å². The highest BCUT2D eigenvalue weighted by Gasteiger charge is 2.13. The predicted octanol–water partition coefficient (Wildman–Crippen LogP) is 0.979. The Labute approximate surface area is 119 Å². The summed E-state index contributed by atoms with van der Waals surface area (Å²) < 4.78 is 17.9. The van der Waals surface area contributed by atoms with E-state index in [0.29, 0.717) is 25.7 Å². The zero-order valence-corrected chi connectivity index (χ0v) is 12.3. The normalized spacial score (nSPS) is 13.6. The van der Waals surface area contributed by atoms with E-state index >= 15 is 0 Å². The van der Waals surface area contributed by atoms with Gasteiger partial charge in [-0.3, -0.25) is 4.99 Å². The van der Waals surface area contributed by atoms with Gasteiger partial charge < -0.3 is 20.7 Å². The molecule has 0 saturated carbocycles. The first-order valence-corrected chi connectivity index (χ1v) is 6.49. The van der Waals surface area contributed by atoms with Gasteiger partial charge in [0.2, 0.25) is 0 Å². The van der Waals surface area contributed by atoms with Crippen LogP contribution in [-0.4, -0.2) is 51.8 Å². The Bertz CT molecular complexity index is 420. The van der Waals surface area contributed by atoms with Gasteiger partial charge in [-0.2, -0.15) is 0 Å². The summed E-state index contributed by atoms with van der Waals surface area (Å²) in [4.78, 5) is 6.34. The van der Waals surface area contributed by atoms with Crippen LogP contribution in [-0.2, 0) is 4.74 Å². The Kier molecular flexibility index (Phi) is 6.97. The van der Waals surface area contributed by atoms with Crippen molar-refractivity contribution in [2.45, 2.75) is 6.04 Å². The number of hydrogen-bond acceptors (Lipinski definition) is 3. The summed E-state index contributed by atoms with van der Waals surface area (Å²) in [7, 11) is 5.54. The molecule has 5 nitrogen and oxygen atoms in total. The van der Waals surface area contributed by atoms with E-state index in [-0.39, 0.29) is 11.9 Å². The molecule has 0 spiro atoms. The number of likely N-dealkylation sites (N-methyl/N-ethyl adjacent to an activating group) is 1. The second-order valence-electron chi connectivity index (χ2n) is 4.68.